The predicted molar refractivity (Wildman–Crippen MR) is 79.0 cm³/mol. The van der Waals surface area contributed by atoms with Gasteiger partial charge in [0.25, 0.3) is 0 Å². The van der Waals surface area contributed by atoms with Gasteiger partial charge in [0.15, 0.2) is 0 Å². The number of hydrogen-bond acceptors (Lipinski definition) is 5. The minimum atomic E-state index is -0.717. The number of rotatable bonds is 5. The van der Waals surface area contributed by atoms with Gasteiger partial charge in [0.05, 0.1) is 12.7 Å². The number of nitrogens with zero attached hydrogens (tertiary/aromatic N) is 1. The van der Waals surface area contributed by atoms with E-state index in [-0.39, 0.29) is 18.7 Å². The minimum absolute atomic E-state index is 0.201. The average Bonchev–Trinajstić information content (AvgIpc) is 2.93. The molecule has 4 unspecified atom stereocenters. The van der Waals surface area contributed by atoms with Crippen LogP contribution in [0.2, 0.25) is 0 Å². The molecule has 2 bridgehead atoms. The number of ether oxygens (including phenoxy) is 1. The summed E-state index contributed by atoms with van der Waals surface area (Å²) in [6.45, 7) is 6.58. The number of aliphatic hydroxyl groups excluding tert-OH is 2. The molecule has 2 heterocycles. The maximum absolute atomic E-state index is 12.3. The molecular formula is C15H28N2O4. The van der Waals surface area contributed by atoms with Crippen molar-refractivity contribution in [2.45, 2.75) is 63.8 Å². The number of carbonyl (C=O) groups is 1. The van der Waals surface area contributed by atoms with Crippen molar-refractivity contribution in [3.05, 3.63) is 0 Å². The molecule has 2 aliphatic heterocycles. The van der Waals surface area contributed by atoms with Gasteiger partial charge in [-0.3, -0.25) is 0 Å². The molecule has 21 heavy (non-hydrogen) atoms. The second-order valence-electron chi connectivity index (χ2n) is 7.18. The van der Waals surface area contributed by atoms with Gasteiger partial charge < -0.3 is 25.2 Å². The Morgan fingerprint density at radius 3 is 2.76 bits per heavy atom. The van der Waals surface area contributed by atoms with Gasteiger partial charge in [-0.05, 0) is 46.0 Å². The molecule has 0 aromatic heterocycles. The first-order valence-electron chi connectivity index (χ1n) is 7.82. The van der Waals surface area contributed by atoms with Crippen molar-refractivity contribution in [1.82, 2.24) is 10.2 Å². The van der Waals surface area contributed by atoms with Gasteiger partial charge >= 0.3 is 6.09 Å². The SMILES string of the molecule is CC(C)(C)OC(=O)N1C2CCC1C(CNCC(O)CO)C2. The fraction of sp³-hybridized carbons (Fsp3) is 0.933. The third-order valence-electron chi connectivity index (χ3n) is 4.27. The van der Waals surface area contributed by atoms with Crippen LogP contribution < -0.4 is 5.32 Å². The molecule has 4 atom stereocenters. The first-order valence-corrected chi connectivity index (χ1v) is 7.82. The normalized spacial score (nSPS) is 29.8. The lowest BCUT2D eigenvalue weighted by Crippen LogP contribution is -2.42. The molecule has 6 nitrogen and oxygen atoms in total. The molecule has 2 saturated heterocycles. The standard InChI is InChI=1S/C15H28N2O4/c1-15(2,3)21-14(20)17-11-4-5-13(17)10(6-11)7-16-8-12(19)9-18/h10-13,16,18-19H,4-9H2,1-3H3. The van der Waals surface area contributed by atoms with Crippen LogP contribution in [-0.2, 0) is 4.74 Å². The van der Waals surface area contributed by atoms with Gasteiger partial charge in [-0.15, -0.1) is 0 Å². The summed E-state index contributed by atoms with van der Waals surface area (Å²) in [5.74, 6) is 0.405. The Balaban J connectivity index is 1.85. The smallest absolute Gasteiger partial charge is 0.410 e. The number of fused-ring (bicyclic) bond motifs is 2. The Labute approximate surface area is 126 Å². The predicted octanol–water partition coefficient (Wildman–Crippen LogP) is 0.717. The van der Waals surface area contributed by atoms with Gasteiger partial charge in [-0.1, -0.05) is 0 Å². The van der Waals surface area contributed by atoms with Crippen molar-refractivity contribution in [1.29, 1.82) is 0 Å². The van der Waals surface area contributed by atoms with Gasteiger partial charge in [-0.25, -0.2) is 4.79 Å². The third kappa shape index (κ3) is 4.08. The molecule has 0 saturated carbocycles. The lowest BCUT2D eigenvalue weighted by molar-refractivity contribution is 0.0204. The van der Waals surface area contributed by atoms with E-state index in [1.54, 1.807) is 0 Å². The number of amides is 1. The zero-order valence-corrected chi connectivity index (χ0v) is 13.2. The lowest BCUT2D eigenvalue weighted by Gasteiger charge is -2.28. The summed E-state index contributed by atoms with van der Waals surface area (Å²) in [5, 5.41) is 21.3. The van der Waals surface area contributed by atoms with Crippen LogP contribution in [0.1, 0.15) is 40.0 Å². The summed E-state index contributed by atoms with van der Waals surface area (Å²) in [5.41, 5.74) is -0.460. The van der Waals surface area contributed by atoms with Crippen LogP contribution in [0, 0.1) is 5.92 Å². The molecule has 0 aromatic rings. The van der Waals surface area contributed by atoms with Crippen LogP contribution in [0.5, 0.6) is 0 Å². The molecule has 2 rings (SSSR count). The summed E-state index contributed by atoms with van der Waals surface area (Å²) in [6.07, 6.45) is 2.16. The van der Waals surface area contributed by atoms with E-state index in [2.05, 4.69) is 5.32 Å². The van der Waals surface area contributed by atoms with Crippen molar-refractivity contribution in [3.63, 3.8) is 0 Å². The van der Waals surface area contributed by atoms with Crippen LogP contribution in [-0.4, -0.2) is 64.7 Å². The first-order chi connectivity index (χ1) is 9.81. The topological polar surface area (TPSA) is 82.0 Å². The number of nitrogens with one attached hydrogen (secondary N) is 1. The Morgan fingerprint density at radius 1 is 1.43 bits per heavy atom. The quantitative estimate of drug-likeness (QED) is 0.697. The Hall–Kier alpha value is -0.850. The van der Waals surface area contributed by atoms with E-state index in [9.17, 15) is 9.90 Å². The summed E-state index contributed by atoms with van der Waals surface area (Å²) in [7, 11) is 0. The van der Waals surface area contributed by atoms with Crippen molar-refractivity contribution >= 4 is 6.09 Å². The summed E-state index contributed by atoms with van der Waals surface area (Å²) in [4.78, 5) is 14.2. The molecule has 0 aliphatic carbocycles. The van der Waals surface area contributed by atoms with E-state index < -0.39 is 11.7 Å². The molecule has 1 amide bonds. The highest BCUT2D eigenvalue weighted by Crippen LogP contribution is 2.42. The van der Waals surface area contributed by atoms with E-state index >= 15 is 0 Å². The van der Waals surface area contributed by atoms with Gasteiger partial charge in [0.1, 0.15) is 5.60 Å². The van der Waals surface area contributed by atoms with Crippen LogP contribution in [0.15, 0.2) is 0 Å². The van der Waals surface area contributed by atoms with E-state index in [1.165, 1.54) is 0 Å². The third-order valence-corrected chi connectivity index (χ3v) is 4.27. The lowest BCUT2D eigenvalue weighted by atomic mass is 9.89. The van der Waals surface area contributed by atoms with E-state index in [0.717, 1.165) is 25.8 Å². The average molecular weight is 300 g/mol. The number of hydrogen-bond donors (Lipinski definition) is 3. The zero-order chi connectivity index (χ0) is 15.6. The minimum Gasteiger partial charge on any atom is -0.444 e. The second kappa shape index (κ2) is 6.50. The number of carbonyl (C=O) groups excluding carboxylic acids is 1. The fourth-order valence-corrected chi connectivity index (χ4v) is 3.43. The molecule has 2 aliphatic rings. The maximum Gasteiger partial charge on any atom is 0.410 e. The Kier molecular flexibility index (Phi) is 5.11. The highest BCUT2D eigenvalue weighted by Gasteiger charge is 2.49. The first kappa shape index (κ1) is 16.5. The Bertz CT molecular complexity index is 369. The van der Waals surface area contributed by atoms with Crippen molar-refractivity contribution < 1.29 is 19.7 Å². The zero-order valence-electron chi connectivity index (χ0n) is 13.2. The van der Waals surface area contributed by atoms with Crippen molar-refractivity contribution in [2.24, 2.45) is 5.92 Å². The van der Waals surface area contributed by atoms with E-state index in [1.807, 2.05) is 25.7 Å². The molecular weight excluding hydrogens is 272 g/mol. The van der Waals surface area contributed by atoms with E-state index in [0.29, 0.717) is 18.5 Å². The van der Waals surface area contributed by atoms with Crippen LogP contribution in [0.4, 0.5) is 4.79 Å². The Morgan fingerprint density at radius 2 is 2.14 bits per heavy atom. The molecule has 122 valence electrons. The van der Waals surface area contributed by atoms with Crippen molar-refractivity contribution in [3.8, 4) is 0 Å². The van der Waals surface area contributed by atoms with Gasteiger partial charge in [0, 0.05) is 25.2 Å². The molecule has 3 N–H and O–H groups in total. The second-order valence-corrected chi connectivity index (χ2v) is 7.18. The number of aliphatic hydroxyl groups is 2. The van der Waals surface area contributed by atoms with Gasteiger partial charge in [0.2, 0.25) is 0 Å². The monoisotopic (exact) mass is 300 g/mol. The van der Waals surface area contributed by atoms with Crippen LogP contribution >= 0.6 is 0 Å². The largest absolute Gasteiger partial charge is 0.444 e. The summed E-state index contributed by atoms with van der Waals surface area (Å²) >= 11 is 0. The van der Waals surface area contributed by atoms with Crippen LogP contribution in [0.3, 0.4) is 0 Å². The van der Waals surface area contributed by atoms with E-state index in [4.69, 9.17) is 9.84 Å². The van der Waals surface area contributed by atoms with Gasteiger partial charge in [-0.2, -0.15) is 0 Å². The van der Waals surface area contributed by atoms with Crippen molar-refractivity contribution in [2.75, 3.05) is 19.7 Å². The molecule has 2 fully saturated rings. The fourth-order valence-electron chi connectivity index (χ4n) is 3.43. The van der Waals surface area contributed by atoms with Crippen LogP contribution in [0.25, 0.3) is 0 Å². The highest BCUT2D eigenvalue weighted by molar-refractivity contribution is 5.70. The molecule has 0 spiro atoms. The summed E-state index contributed by atoms with van der Waals surface area (Å²) < 4.78 is 5.50. The molecule has 0 radical (unpaired) electrons. The molecule has 6 heteroatoms. The maximum atomic E-state index is 12.3. The summed E-state index contributed by atoms with van der Waals surface area (Å²) in [6, 6.07) is 0.531. The highest BCUT2D eigenvalue weighted by atomic mass is 16.6. The molecule has 0 aromatic carbocycles.